The molecule has 2 aromatic rings. The van der Waals surface area contributed by atoms with E-state index >= 15 is 0 Å². The number of aromatic nitrogens is 1. The van der Waals surface area contributed by atoms with Crippen LogP contribution in [0.15, 0.2) is 12.1 Å². The molecule has 24 heavy (non-hydrogen) atoms. The smallest absolute Gasteiger partial charge is 0.0486 e. The summed E-state index contributed by atoms with van der Waals surface area (Å²) in [6.07, 6.45) is 3.21. The van der Waals surface area contributed by atoms with Gasteiger partial charge in [-0.15, -0.1) is 0 Å². The molecule has 1 aromatic carbocycles. The van der Waals surface area contributed by atoms with Gasteiger partial charge in [0.1, 0.15) is 0 Å². The van der Waals surface area contributed by atoms with Crippen molar-refractivity contribution in [1.82, 2.24) is 9.47 Å². The van der Waals surface area contributed by atoms with Crippen LogP contribution >= 0.6 is 0 Å². The second-order valence-electron chi connectivity index (χ2n) is 8.49. The molecule has 3 rings (SSSR count). The lowest BCUT2D eigenvalue weighted by atomic mass is 9.99. The molecule has 0 saturated carbocycles. The van der Waals surface area contributed by atoms with Crippen LogP contribution in [0.2, 0.25) is 0 Å². The summed E-state index contributed by atoms with van der Waals surface area (Å²) in [4.78, 5) is 2.57. The third kappa shape index (κ3) is 3.00. The Kier molecular flexibility index (Phi) is 4.52. The summed E-state index contributed by atoms with van der Waals surface area (Å²) in [5.41, 5.74) is 13.6. The van der Waals surface area contributed by atoms with Gasteiger partial charge in [0.15, 0.2) is 0 Å². The van der Waals surface area contributed by atoms with Gasteiger partial charge in [0, 0.05) is 48.3 Å². The van der Waals surface area contributed by atoms with Crippen LogP contribution in [0.25, 0.3) is 10.9 Å². The molecule has 0 bridgehead atoms. The molecule has 0 fully saturated rings. The van der Waals surface area contributed by atoms with Crippen LogP contribution in [-0.4, -0.2) is 21.0 Å². The Bertz CT molecular complexity index is 749. The topological polar surface area (TPSA) is 34.2 Å². The van der Waals surface area contributed by atoms with E-state index in [0.29, 0.717) is 6.04 Å². The Morgan fingerprint density at radius 2 is 1.79 bits per heavy atom. The van der Waals surface area contributed by atoms with Crippen LogP contribution in [0.1, 0.15) is 62.9 Å². The number of hydrogen-bond donors (Lipinski definition) is 1. The van der Waals surface area contributed by atoms with Crippen molar-refractivity contribution >= 4 is 10.9 Å². The van der Waals surface area contributed by atoms with E-state index in [-0.39, 0.29) is 5.54 Å². The molecule has 0 aliphatic carbocycles. The summed E-state index contributed by atoms with van der Waals surface area (Å²) in [6, 6.07) is 5.19. The Hall–Kier alpha value is -1.32. The maximum Gasteiger partial charge on any atom is 0.0486 e. The number of nitrogens with zero attached hydrogens (tertiary/aromatic N) is 2. The Labute approximate surface area is 146 Å². The predicted molar refractivity (Wildman–Crippen MR) is 103 cm³/mol. The fraction of sp³-hybridized carbons (Fsp3) is 0.619. The lowest BCUT2D eigenvalue weighted by Gasteiger charge is -2.31. The maximum absolute atomic E-state index is 6.16. The molecule has 1 aliphatic rings. The lowest BCUT2D eigenvalue weighted by molar-refractivity contribution is 0.136. The molecule has 132 valence electrons. The molecule has 0 radical (unpaired) electrons. The zero-order chi connectivity index (χ0) is 17.6. The van der Waals surface area contributed by atoms with Crippen molar-refractivity contribution in [1.29, 1.82) is 0 Å². The number of rotatable bonds is 4. The van der Waals surface area contributed by atoms with Gasteiger partial charge in [0.05, 0.1) is 0 Å². The van der Waals surface area contributed by atoms with Crippen LogP contribution in [-0.2, 0) is 26.6 Å². The fourth-order valence-corrected chi connectivity index (χ4v) is 3.86. The predicted octanol–water partition coefficient (Wildman–Crippen LogP) is 4.27. The van der Waals surface area contributed by atoms with Crippen molar-refractivity contribution in [3.8, 4) is 0 Å². The van der Waals surface area contributed by atoms with Crippen molar-refractivity contribution in [3.05, 3.63) is 34.5 Å². The van der Waals surface area contributed by atoms with E-state index in [4.69, 9.17) is 5.73 Å². The fourth-order valence-electron chi connectivity index (χ4n) is 3.86. The van der Waals surface area contributed by atoms with Crippen LogP contribution in [0, 0.1) is 6.92 Å². The summed E-state index contributed by atoms with van der Waals surface area (Å²) < 4.78 is 2.36. The molecule has 1 aliphatic heterocycles. The van der Waals surface area contributed by atoms with Crippen molar-refractivity contribution in [3.63, 3.8) is 0 Å². The van der Waals surface area contributed by atoms with Gasteiger partial charge in [0.25, 0.3) is 0 Å². The van der Waals surface area contributed by atoms with Gasteiger partial charge in [-0.2, -0.15) is 0 Å². The van der Waals surface area contributed by atoms with Gasteiger partial charge in [-0.25, -0.2) is 0 Å². The third-order valence-electron chi connectivity index (χ3n) is 5.90. The number of nitrogens with two attached hydrogens (primary N) is 1. The zero-order valence-electron chi connectivity index (χ0n) is 16.2. The maximum atomic E-state index is 6.16. The molecule has 0 spiro atoms. The Morgan fingerprint density at radius 1 is 1.17 bits per heavy atom. The number of hydrogen-bond acceptors (Lipinski definition) is 2. The van der Waals surface area contributed by atoms with Gasteiger partial charge in [0.2, 0.25) is 0 Å². The number of aryl methyl sites for hydroxylation is 2. The van der Waals surface area contributed by atoms with Crippen LogP contribution in [0.5, 0.6) is 0 Å². The summed E-state index contributed by atoms with van der Waals surface area (Å²) in [7, 11) is 2.20. The normalized spacial score (nSPS) is 16.8. The van der Waals surface area contributed by atoms with E-state index < -0.39 is 0 Å². The first kappa shape index (κ1) is 17.5. The molecule has 3 heteroatoms. The van der Waals surface area contributed by atoms with Gasteiger partial charge in [-0.1, -0.05) is 6.92 Å². The summed E-state index contributed by atoms with van der Waals surface area (Å²) in [5, 5.41) is 1.44. The average molecular weight is 328 g/mol. The summed E-state index contributed by atoms with van der Waals surface area (Å²) in [5.74, 6) is 0. The van der Waals surface area contributed by atoms with Crippen molar-refractivity contribution in [2.24, 2.45) is 12.8 Å². The minimum atomic E-state index is 0.220. The van der Waals surface area contributed by atoms with E-state index in [2.05, 4.69) is 63.3 Å². The highest BCUT2D eigenvalue weighted by molar-refractivity contribution is 5.87. The third-order valence-corrected chi connectivity index (χ3v) is 5.90. The second-order valence-corrected chi connectivity index (χ2v) is 8.49. The molecular weight excluding hydrogens is 294 g/mol. The first-order valence-electron chi connectivity index (χ1n) is 9.32. The monoisotopic (exact) mass is 327 g/mol. The minimum absolute atomic E-state index is 0.220. The SMILES string of the molecule is CCC(N)CCc1c(C)n(C)c2cc3c(cc12)CN(C(C)(C)C)C3. The molecule has 0 saturated heterocycles. The molecule has 1 atom stereocenters. The number of benzene rings is 1. The quantitative estimate of drug-likeness (QED) is 0.910. The lowest BCUT2D eigenvalue weighted by Crippen LogP contribution is -2.36. The average Bonchev–Trinajstić information content (AvgIpc) is 3.04. The van der Waals surface area contributed by atoms with Gasteiger partial charge in [-0.3, -0.25) is 4.90 Å². The minimum Gasteiger partial charge on any atom is -0.348 e. The van der Waals surface area contributed by atoms with Crippen LogP contribution < -0.4 is 5.73 Å². The van der Waals surface area contributed by atoms with Gasteiger partial charge >= 0.3 is 0 Å². The Morgan fingerprint density at radius 3 is 2.38 bits per heavy atom. The molecule has 2 heterocycles. The van der Waals surface area contributed by atoms with E-state index in [1.807, 2.05) is 0 Å². The Balaban J connectivity index is 1.99. The zero-order valence-corrected chi connectivity index (χ0v) is 16.2. The van der Waals surface area contributed by atoms with E-state index in [9.17, 15) is 0 Å². The summed E-state index contributed by atoms with van der Waals surface area (Å²) in [6.45, 7) is 13.5. The summed E-state index contributed by atoms with van der Waals surface area (Å²) >= 11 is 0. The van der Waals surface area contributed by atoms with Gasteiger partial charge < -0.3 is 10.3 Å². The van der Waals surface area contributed by atoms with Crippen molar-refractivity contribution in [2.45, 2.75) is 78.6 Å². The van der Waals surface area contributed by atoms with E-state index in [0.717, 1.165) is 32.4 Å². The molecule has 1 unspecified atom stereocenters. The molecular formula is C21H33N3. The number of fused-ring (bicyclic) bond motifs is 2. The first-order chi connectivity index (χ1) is 11.2. The standard InChI is InChI=1S/C21H33N3/c1-7-17(22)8-9-18-14(2)23(6)20-11-16-13-24(21(3,4)5)12-15(16)10-19(18)20/h10-11,17H,7-9,12-13,22H2,1-6H3. The highest BCUT2D eigenvalue weighted by atomic mass is 15.2. The van der Waals surface area contributed by atoms with Crippen LogP contribution in [0.3, 0.4) is 0 Å². The molecule has 2 N–H and O–H groups in total. The van der Waals surface area contributed by atoms with Crippen molar-refractivity contribution < 1.29 is 0 Å². The highest BCUT2D eigenvalue weighted by Crippen LogP contribution is 2.35. The molecule has 3 nitrogen and oxygen atoms in total. The highest BCUT2D eigenvalue weighted by Gasteiger charge is 2.29. The molecule has 0 amide bonds. The van der Waals surface area contributed by atoms with Crippen LogP contribution in [0.4, 0.5) is 0 Å². The van der Waals surface area contributed by atoms with Crippen molar-refractivity contribution in [2.75, 3.05) is 0 Å². The second kappa shape index (κ2) is 6.20. The van der Waals surface area contributed by atoms with Gasteiger partial charge in [-0.05, 0) is 75.8 Å². The molecule has 1 aromatic heterocycles. The van der Waals surface area contributed by atoms with E-state index in [1.165, 1.54) is 33.3 Å². The van der Waals surface area contributed by atoms with E-state index in [1.54, 1.807) is 0 Å². The largest absolute Gasteiger partial charge is 0.348 e. The first-order valence-corrected chi connectivity index (χ1v) is 9.32.